The second-order valence-corrected chi connectivity index (χ2v) is 7.82. The number of hydrogen-bond donors (Lipinski definition) is 2. The summed E-state index contributed by atoms with van der Waals surface area (Å²) in [7, 11) is 1.53. The Labute approximate surface area is 189 Å². The van der Waals surface area contributed by atoms with E-state index in [0.29, 0.717) is 27.9 Å². The predicted octanol–water partition coefficient (Wildman–Crippen LogP) is 5.10. The van der Waals surface area contributed by atoms with Gasteiger partial charge in [-0.3, -0.25) is 9.59 Å². The molecule has 0 saturated heterocycles. The van der Waals surface area contributed by atoms with E-state index in [1.807, 2.05) is 36.4 Å². The van der Waals surface area contributed by atoms with Crippen molar-refractivity contribution in [3.8, 4) is 11.5 Å². The van der Waals surface area contributed by atoms with Crippen molar-refractivity contribution < 1.29 is 19.1 Å². The molecule has 31 heavy (non-hydrogen) atoms. The van der Waals surface area contributed by atoms with Crippen LogP contribution in [0.5, 0.6) is 11.5 Å². The van der Waals surface area contributed by atoms with Crippen LogP contribution in [0.3, 0.4) is 0 Å². The van der Waals surface area contributed by atoms with Crippen LogP contribution in [-0.2, 0) is 9.59 Å². The minimum atomic E-state index is -0.264. The smallest absolute Gasteiger partial charge is 0.262 e. The highest BCUT2D eigenvalue weighted by Crippen LogP contribution is 2.27. The van der Waals surface area contributed by atoms with Crippen LogP contribution in [0, 0.1) is 0 Å². The van der Waals surface area contributed by atoms with Gasteiger partial charge in [-0.25, -0.2) is 0 Å². The molecule has 0 aliphatic heterocycles. The molecule has 0 fully saturated rings. The second kappa shape index (κ2) is 11.3. The first-order valence-corrected chi connectivity index (χ1v) is 10.7. The first kappa shape index (κ1) is 22.5. The molecule has 0 saturated carbocycles. The van der Waals surface area contributed by atoms with Gasteiger partial charge in [0.05, 0.1) is 17.9 Å². The normalized spacial score (nSPS) is 10.3. The molecule has 0 atom stereocenters. The third-order valence-corrected chi connectivity index (χ3v) is 5.33. The van der Waals surface area contributed by atoms with E-state index < -0.39 is 0 Å². The van der Waals surface area contributed by atoms with Gasteiger partial charge in [0.2, 0.25) is 5.91 Å². The lowest BCUT2D eigenvalue weighted by atomic mass is 10.3. The Bertz CT molecular complexity index is 1050. The van der Waals surface area contributed by atoms with E-state index in [0.717, 1.165) is 4.90 Å². The zero-order valence-corrected chi connectivity index (χ0v) is 18.3. The molecule has 0 radical (unpaired) electrons. The quantitative estimate of drug-likeness (QED) is 0.438. The van der Waals surface area contributed by atoms with Gasteiger partial charge in [0.1, 0.15) is 11.5 Å². The molecular weight excluding hydrogens is 436 g/mol. The molecule has 2 N–H and O–H groups in total. The molecule has 0 bridgehead atoms. The molecule has 3 rings (SSSR count). The number of benzene rings is 3. The van der Waals surface area contributed by atoms with Crippen molar-refractivity contribution in [2.45, 2.75) is 4.90 Å². The lowest BCUT2D eigenvalue weighted by Gasteiger charge is -2.10. The SMILES string of the molecule is COc1ccc(NC(=O)CSc2cccc(NC(=O)COc3ccccc3)c2)cc1Cl. The van der Waals surface area contributed by atoms with Crippen LogP contribution in [0.2, 0.25) is 5.02 Å². The summed E-state index contributed by atoms with van der Waals surface area (Å²) in [5.74, 6) is 0.947. The summed E-state index contributed by atoms with van der Waals surface area (Å²) in [6, 6.07) is 21.5. The molecule has 0 heterocycles. The highest BCUT2D eigenvalue weighted by molar-refractivity contribution is 8.00. The number of hydrogen-bond acceptors (Lipinski definition) is 5. The number of halogens is 1. The van der Waals surface area contributed by atoms with Crippen LogP contribution in [-0.4, -0.2) is 31.3 Å². The van der Waals surface area contributed by atoms with Gasteiger partial charge in [-0.2, -0.15) is 0 Å². The lowest BCUT2D eigenvalue weighted by Crippen LogP contribution is -2.20. The number of ether oxygens (including phenoxy) is 2. The second-order valence-electron chi connectivity index (χ2n) is 6.36. The van der Waals surface area contributed by atoms with E-state index >= 15 is 0 Å². The summed E-state index contributed by atoms with van der Waals surface area (Å²) in [5, 5.41) is 6.01. The van der Waals surface area contributed by atoms with Crippen molar-refractivity contribution in [1.29, 1.82) is 0 Å². The summed E-state index contributed by atoms with van der Waals surface area (Å²) >= 11 is 7.44. The Morgan fingerprint density at radius 1 is 0.903 bits per heavy atom. The van der Waals surface area contributed by atoms with Crippen LogP contribution in [0.4, 0.5) is 11.4 Å². The van der Waals surface area contributed by atoms with Gasteiger partial charge in [0.15, 0.2) is 6.61 Å². The fraction of sp³-hybridized carbons (Fsp3) is 0.130. The number of carbonyl (C=O) groups is 2. The number of methoxy groups -OCH3 is 1. The molecule has 0 aliphatic rings. The maximum atomic E-state index is 12.2. The predicted molar refractivity (Wildman–Crippen MR) is 124 cm³/mol. The van der Waals surface area contributed by atoms with Crippen molar-refractivity contribution in [2.24, 2.45) is 0 Å². The molecule has 0 spiro atoms. The zero-order valence-electron chi connectivity index (χ0n) is 16.8. The fourth-order valence-electron chi connectivity index (χ4n) is 2.62. The number of amides is 2. The van der Waals surface area contributed by atoms with Crippen LogP contribution in [0.25, 0.3) is 0 Å². The van der Waals surface area contributed by atoms with Crippen LogP contribution >= 0.6 is 23.4 Å². The number of anilines is 2. The van der Waals surface area contributed by atoms with E-state index in [1.165, 1.54) is 18.9 Å². The topological polar surface area (TPSA) is 76.7 Å². The number of para-hydroxylation sites is 1. The number of thioether (sulfide) groups is 1. The first-order valence-electron chi connectivity index (χ1n) is 9.37. The van der Waals surface area contributed by atoms with Gasteiger partial charge in [0, 0.05) is 16.3 Å². The minimum absolute atomic E-state index is 0.0891. The molecule has 3 aromatic rings. The molecule has 6 nitrogen and oxygen atoms in total. The van der Waals surface area contributed by atoms with E-state index in [2.05, 4.69) is 10.6 Å². The Hall–Kier alpha value is -3.16. The van der Waals surface area contributed by atoms with Crippen molar-refractivity contribution in [3.63, 3.8) is 0 Å². The van der Waals surface area contributed by atoms with Crippen molar-refractivity contribution in [2.75, 3.05) is 30.1 Å². The summed E-state index contributed by atoms with van der Waals surface area (Å²) in [4.78, 5) is 25.2. The summed E-state index contributed by atoms with van der Waals surface area (Å²) < 4.78 is 10.5. The third-order valence-electron chi connectivity index (χ3n) is 4.04. The average molecular weight is 457 g/mol. The molecule has 160 valence electrons. The molecule has 8 heteroatoms. The molecular formula is C23H21ClN2O4S. The Morgan fingerprint density at radius 2 is 1.65 bits per heavy atom. The highest BCUT2D eigenvalue weighted by atomic mass is 35.5. The van der Waals surface area contributed by atoms with Crippen molar-refractivity contribution in [3.05, 3.63) is 77.8 Å². The molecule has 0 aromatic heterocycles. The van der Waals surface area contributed by atoms with Gasteiger partial charge in [-0.05, 0) is 48.5 Å². The van der Waals surface area contributed by atoms with E-state index in [9.17, 15) is 9.59 Å². The lowest BCUT2D eigenvalue weighted by molar-refractivity contribution is -0.118. The summed E-state index contributed by atoms with van der Waals surface area (Å²) in [5.41, 5.74) is 1.23. The highest BCUT2D eigenvalue weighted by Gasteiger charge is 2.08. The zero-order chi connectivity index (χ0) is 22.1. The largest absolute Gasteiger partial charge is 0.495 e. The van der Waals surface area contributed by atoms with Gasteiger partial charge in [-0.1, -0.05) is 35.9 Å². The molecule has 2 amide bonds. The number of nitrogens with one attached hydrogen (secondary N) is 2. The van der Waals surface area contributed by atoms with Crippen LogP contribution in [0.15, 0.2) is 77.7 Å². The van der Waals surface area contributed by atoms with Crippen molar-refractivity contribution >= 4 is 46.6 Å². The fourth-order valence-corrected chi connectivity index (χ4v) is 3.63. The van der Waals surface area contributed by atoms with E-state index in [-0.39, 0.29) is 24.2 Å². The third kappa shape index (κ3) is 7.24. The minimum Gasteiger partial charge on any atom is -0.495 e. The molecule has 0 aliphatic carbocycles. The van der Waals surface area contributed by atoms with Gasteiger partial charge < -0.3 is 20.1 Å². The van der Waals surface area contributed by atoms with Gasteiger partial charge in [0.25, 0.3) is 5.91 Å². The molecule has 3 aromatic carbocycles. The number of carbonyl (C=O) groups excluding carboxylic acids is 2. The summed E-state index contributed by atoms with van der Waals surface area (Å²) in [6.07, 6.45) is 0. The van der Waals surface area contributed by atoms with Crippen molar-refractivity contribution in [1.82, 2.24) is 0 Å². The number of rotatable bonds is 9. The van der Waals surface area contributed by atoms with E-state index in [1.54, 1.807) is 36.4 Å². The van der Waals surface area contributed by atoms with Gasteiger partial charge in [-0.15, -0.1) is 11.8 Å². The van der Waals surface area contributed by atoms with E-state index in [4.69, 9.17) is 21.1 Å². The Kier molecular flexibility index (Phi) is 8.20. The van der Waals surface area contributed by atoms with Gasteiger partial charge >= 0.3 is 0 Å². The summed E-state index contributed by atoms with van der Waals surface area (Å²) in [6.45, 7) is -0.0891. The van der Waals surface area contributed by atoms with Crippen LogP contribution < -0.4 is 20.1 Å². The maximum absolute atomic E-state index is 12.2. The Morgan fingerprint density at radius 3 is 2.39 bits per heavy atom. The monoisotopic (exact) mass is 456 g/mol. The molecule has 0 unspecified atom stereocenters. The Balaban J connectivity index is 1.48. The first-order chi connectivity index (χ1) is 15.0. The standard InChI is InChI=1S/C23H21ClN2O4S/c1-29-21-11-10-17(13-20(21)24)26-23(28)15-31-19-9-5-6-16(12-19)25-22(27)14-30-18-7-3-2-4-8-18/h2-13H,14-15H2,1H3,(H,25,27)(H,26,28). The maximum Gasteiger partial charge on any atom is 0.262 e. The van der Waals surface area contributed by atoms with Crippen LogP contribution in [0.1, 0.15) is 0 Å². The average Bonchev–Trinajstić information content (AvgIpc) is 2.77.